The number of aromatic nitrogens is 1. The second-order valence-corrected chi connectivity index (χ2v) is 6.88. The summed E-state index contributed by atoms with van der Waals surface area (Å²) < 4.78 is 5.20. The van der Waals surface area contributed by atoms with Crippen molar-refractivity contribution < 1.29 is 14.3 Å². The molecule has 2 amide bonds. The van der Waals surface area contributed by atoms with E-state index in [1.807, 2.05) is 20.8 Å². The Morgan fingerprint density at radius 2 is 2.13 bits per heavy atom. The summed E-state index contributed by atoms with van der Waals surface area (Å²) in [7, 11) is 1.54. The lowest BCUT2D eigenvalue weighted by Crippen LogP contribution is -2.47. The van der Waals surface area contributed by atoms with Gasteiger partial charge < -0.3 is 15.0 Å². The van der Waals surface area contributed by atoms with Crippen molar-refractivity contribution in [2.24, 2.45) is 11.3 Å². The van der Waals surface area contributed by atoms with Crippen LogP contribution >= 0.6 is 0 Å². The van der Waals surface area contributed by atoms with E-state index >= 15 is 0 Å². The Morgan fingerprint density at radius 3 is 2.78 bits per heavy atom. The third kappa shape index (κ3) is 4.21. The number of carbonyl (C=O) groups excluding carboxylic acids is 2. The topological polar surface area (TPSA) is 71.5 Å². The molecule has 1 aromatic heterocycles. The number of nitrogens with zero attached hydrogens (tertiary/aromatic N) is 2. The predicted octanol–water partition coefficient (Wildman–Crippen LogP) is 2.31. The van der Waals surface area contributed by atoms with Gasteiger partial charge >= 0.3 is 0 Å². The first-order valence-corrected chi connectivity index (χ1v) is 7.92. The zero-order valence-corrected chi connectivity index (χ0v) is 14.3. The molecule has 0 bridgehead atoms. The summed E-state index contributed by atoms with van der Waals surface area (Å²) in [6.45, 7) is 6.87. The Bertz CT molecular complexity index is 581. The minimum Gasteiger partial charge on any atom is -0.493 e. The van der Waals surface area contributed by atoms with Gasteiger partial charge in [-0.15, -0.1) is 0 Å². The normalized spacial score (nSPS) is 18.4. The third-order valence-electron chi connectivity index (χ3n) is 3.95. The Balaban J connectivity index is 2.03. The molecule has 1 N–H and O–H groups in total. The van der Waals surface area contributed by atoms with Crippen LogP contribution in [0.3, 0.4) is 0 Å². The number of amides is 2. The summed E-state index contributed by atoms with van der Waals surface area (Å²) in [6.07, 6.45) is 3.21. The highest BCUT2D eigenvalue weighted by molar-refractivity contribution is 5.93. The van der Waals surface area contributed by atoms with Crippen LogP contribution in [0.15, 0.2) is 18.3 Å². The van der Waals surface area contributed by atoms with E-state index < -0.39 is 5.41 Å². The number of likely N-dealkylation sites (tertiary alicyclic amines) is 1. The van der Waals surface area contributed by atoms with Gasteiger partial charge in [0, 0.05) is 24.7 Å². The minimum atomic E-state index is -0.428. The monoisotopic (exact) mass is 319 g/mol. The molecule has 0 spiro atoms. The van der Waals surface area contributed by atoms with Gasteiger partial charge in [0.15, 0.2) is 11.6 Å². The van der Waals surface area contributed by atoms with Gasteiger partial charge in [-0.2, -0.15) is 0 Å². The van der Waals surface area contributed by atoms with Crippen molar-refractivity contribution in [3.8, 4) is 5.75 Å². The highest BCUT2D eigenvalue weighted by atomic mass is 16.5. The fraction of sp³-hybridized carbons (Fsp3) is 0.588. The molecule has 1 saturated heterocycles. The summed E-state index contributed by atoms with van der Waals surface area (Å²) in [5, 5.41) is 2.82. The molecule has 1 aliphatic rings. The average molecular weight is 319 g/mol. The highest BCUT2D eigenvalue weighted by Gasteiger charge is 2.33. The number of piperidine rings is 1. The van der Waals surface area contributed by atoms with E-state index in [1.165, 1.54) is 7.11 Å². The zero-order chi connectivity index (χ0) is 17.0. The summed E-state index contributed by atoms with van der Waals surface area (Å²) in [5.41, 5.74) is -0.428. The number of hydrogen-bond donors (Lipinski definition) is 1. The molecular formula is C17H25N3O3. The molecule has 126 valence electrons. The maximum Gasteiger partial charge on any atom is 0.230 e. The van der Waals surface area contributed by atoms with Gasteiger partial charge in [0.1, 0.15) is 0 Å². The number of anilines is 1. The third-order valence-corrected chi connectivity index (χ3v) is 3.95. The summed E-state index contributed by atoms with van der Waals surface area (Å²) in [6, 6.07) is 3.50. The minimum absolute atomic E-state index is 0.0883. The maximum atomic E-state index is 12.5. The molecule has 0 aromatic carbocycles. The number of hydrogen-bond acceptors (Lipinski definition) is 4. The van der Waals surface area contributed by atoms with Gasteiger partial charge in [-0.25, -0.2) is 4.98 Å². The van der Waals surface area contributed by atoms with E-state index in [9.17, 15) is 9.59 Å². The van der Waals surface area contributed by atoms with E-state index in [2.05, 4.69) is 10.3 Å². The van der Waals surface area contributed by atoms with Crippen molar-refractivity contribution in [2.45, 2.75) is 33.6 Å². The van der Waals surface area contributed by atoms with Crippen molar-refractivity contribution >= 4 is 17.6 Å². The van der Waals surface area contributed by atoms with Gasteiger partial charge in [-0.3, -0.25) is 9.59 Å². The molecule has 1 aromatic rings. The molecule has 0 unspecified atom stereocenters. The van der Waals surface area contributed by atoms with Gasteiger partial charge in [0.2, 0.25) is 11.8 Å². The van der Waals surface area contributed by atoms with Crippen LogP contribution in [0.5, 0.6) is 5.75 Å². The number of methoxy groups -OCH3 is 1. The standard InChI is InChI=1S/C17H25N3O3/c1-17(2,3)16(22)20-10-6-7-12(11-20)15(21)19-14-13(23-4)8-5-9-18-14/h5,8-9,12H,6-7,10-11H2,1-4H3,(H,18,19,21)/t12-/m0/s1. The predicted molar refractivity (Wildman–Crippen MR) is 88.2 cm³/mol. The molecule has 23 heavy (non-hydrogen) atoms. The molecule has 1 atom stereocenters. The zero-order valence-electron chi connectivity index (χ0n) is 14.3. The lowest BCUT2D eigenvalue weighted by atomic mass is 9.91. The van der Waals surface area contributed by atoms with E-state index in [1.54, 1.807) is 23.2 Å². The number of nitrogens with one attached hydrogen (secondary N) is 1. The van der Waals surface area contributed by atoms with Crippen LogP contribution in [0.1, 0.15) is 33.6 Å². The summed E-state index contributed by atoms with van der Waals surface area (Å²) >= 11 is 0. The fourth-order valence-electron chi connectivity index (χ4n) is 2.72. The van der Waals surface area contributed by atoms with E-state index in [4.69, 9.17) is 4.74 Å². The van der Waals surface area contributed by atoms with Crippen LogP contribution in [0, 0.1) is 11.3 Å². The fourth-order valence-corrected chi connectivity index (χ4v) is 2.72. The first-order valence-electron chi connectivity index (χ1n) is 7.92. The maximum absolute atomic E-state index is 12.5. The molecule has 0 radical (unpaired) electrons. The van der Waals surface area contributed by atoms with Crippen molar-refractivity contribution in [2.75, 3.05) is 25.5 Å². The summed E-state index contributed by atoms with van der Waals surface area (Å²) in [5.74, 6) is 0.694. The van der Waals surface area contributed by atoms with Gasteiger partial charge in [0.25, 0.3) is 0 Å². The molecule has 2 heterocycles. The van der Waals surface area contributed by atoms with E-state index in [0.29, 0.717) is 24.7 Å². The molecule has 0 saturated carbocycles. The van der Waals surface area contributed by atoms with Crippen LogP contribution in [-0.2, 0) is 9.59 Å². The van der Waals surface area contributed by atoms with Crippen LogP contribution in [0.25, 0.3) is 0 Å². The Kier molecular flexibility index (Phi) is 5.23. The Morgan fingerprint density at radius 1 is 1.39 bits per heavy atom. The van der Waals surface area contributed by atoms with Crippen LogP contribution in [0.4, 0.5) is 5.82 Å². The first kappa shape index (κ1) is 17.2. The Labute approximate surface area is 137 Å². The lowest BCUT2D eigenvalue weighted by molar-refractivity contribution is -0.142. The lowest BCUT2D eigenvalue weighted by Gasteiger charge is -2.35. The van der Waals surface area contributed by atoms with Crippen molar-refractivity contribution in [3.05, 3.63) is 18.3 Å². The first-order chi connectivity index (χ1) is 10.8. The SMILES string of the molecule is COc1cccnc1NC(=O)[C@H]1CCCN(C(=O)C(C)(C)C)C1. The second kappa shape index (κ2) is 6.98. The van der Waals surface area contributed by atoms with Gasteiger partial charge in [-0.05, 0) is 25.0 Å². The van der Waals surface area contributed by atoms with Crippen LogP contribution in [-0.4, -0.2) is 41.9 Å². The van der Waals surface area contributed by atoms with Gasteiger partial charge in [-0.1, -0.05) is 20.8 Å². The number of rotatable bonds is 3. The molecular weight excluding hydrogens is 294 g/mol. The second-order valence-electron chi connectivity index (χ2n) is 6.88. The van der Waals surface area contributed by atoms with Crippen LogP contribution in [0.2, 0.25) is 0 Å². The smallest absolute Gasteiger partial charge is 0.230 e. The highest BCUT2D eigenvalue weighted by Crippen LogP contribution is 2.26. The van der Waals surface area contributed by atoms with E-state index in [-0.39, 0.29) is 17.7 Å². The number of pyridine rings is 1. The molecule has 2 rings (SSSR count). The van der Waals surface area contributed by atoms with Crippen molar-refractivity contribution in [1.29, 1.82) is 0 Å². The summed E-state index contributed by atoms with van der Waals surface area (Å²) in [4.78, 5) is 30.9. The molecule has 1 fully saturated rings. The molecule has 1 aliphatic heterocycles. The van der Waals surface area contributed by atoms with E-state index in [0.717, 1.165) is 12.8 Å². The molecule has 0 aliphatic carbocycles. The van der Waals surface area contributed by atoms with Gasteiger partial charge in [0.05, 0.1) is 13.0 Å². The van der Waals surface area contributed by atoms with Crippen molar-refractivity contribution in [1.82, 2.24) is 9.88 Å². The van der Waals surface area contributed by atoms with Crippen LogP contribution < -0.4 is 10.1 Å². The largest absolute Gasteiger partial charge is 0.493 e. The molecule has 6 nitrogen and oxygen atoms in total. The average Bonchev–Trinajstić information content (AvgIpc) is 2.54. The number of ether oxygens (including phenoxy) is 1. The Hall–Kier alpha value is -2.11. The number of carbonyl (C=O) groups is 2. The molecule has 6 heteroatoms. The quantitative estimate of drug-likeness (QED) is 0.928. The van der Waals surface area contributed by atoms with Crippen molar-refractivity contribution in [3.63, 3.8) is 0 Å².